The molecule has 1 aromatic heterocycles. The number of hydrogen-bond acceptors (Lipinski definition) is 6. The number of para-hydroxylation sites is 1. The number of aromatic nitrogens is 1. The van der Waals surface area contributed by atoms with Crippen LogP contribution in [-0.2, 0) is 6.54 Å². The molecule has 0 unspecified atom stereocenters. The van der Waals surface area contributed by atoms with Crippen LogP contribution in [0.2, 0.25) is 10.0 Å². The van der Waals surface area contributed by atoms with Crippen molar-refractivity contribution in [3.05, 3.63) is 87.3 Å². The van der Waals surface area contributed by atoms with Crippen molar-refractivity contribution < 1.29 is 9.18 Å². The van der Waals surface area contributed by atoms with Crippen LogP contribution in [0.5, 0.6) is 0 Å². The van der Waals surface area contributed by atoms with Crippen LogP contribution in [0.1, 0.15) is 49.2 Å². The Balaban J connectivity index is 0.00000116. The minimum Gasteiger partial charge on any atom is -0.368 e. The van der Waals surface area contributed by atoms with Gasteiger partial charge in [-0.3, -0.25) is 9.69 Å². The lowest BCUT2D eigenvalue weighted by atomic mass is 10.1. The van der Waals surface area contributed by atoms with Gasteiger partial charge in [0.05, 0.1) is 28.0 Å². The van der Waals surface area contributed by atoms with E-state index >= 15 is 0 Å². The largest absolute Gasteiger partial charge is 0.368 e. The molecule has 224 valence electrons. The van der Waals surface area contributed by atoms with Gasteiger partial charge in [0.15, 0.2) is 0 Å². The zero-order valence-corrected chi connectivity index (χ0v) is 26.3. The minimum absolute atomic E-state index is 0.127. The Kier molecular flexibility index (Phi) is 12.9. The van der Waals surface area contributed by atoms with Crippen LogP contribution >= 0.6 is 23.2 Å². The van der Waals surface area contributed by atoms with Crippen molar-refractivity contribution in [3.8, 4) is 6.07 Å². The number of halogens is 3. The lowest BCUT2D eigenvalue weighted by molar-refractivity contribution is 0.0746. The van der Waals surface area contributed by atoms with Crippen molar-refractivity contribution in [3.63, 3.8) is 0 Å². The monoisotopic (exact) mass is 612 g/mol. The molecule has 1 amide bonds. The molecule has 0 N–H and O–H groups in total. The molecule has 7 nitrogen and oxygen atoms in total. The fraction of sp³-hybridized carbons (Fsp3) is 0.406. The van der Waals surface area contributed by atoms with Crippen molar-refractivity contribution in [2.24, 2.45) is 0 Å². The Morgan fingerprint density at radius 3 is 2.14 bits per heavy atom. The Hall–Kier alpha value is -3.38. The van der Waals surface area contributed by atoms with E-state index in [1.807, 2.05) is 56.9 Å². The Morgan fingerprint density at radius 2 is 1.52 bits per heavy atom. The predicted octanol–water partition coefficient (Wildman–Crippen LogP) is 6.74. The first-order valence-corrected chi connectivity index (χ1v) is 15.3. The zero-order valence-electron chi connectivity index (χ0n) is 24.8. The molecule has 42 heavy (non-hydrogen) atoms. The normalized spacial score (nSPS) is 15.1. The summed E-state index contributed by atoms with van der Waals surface area (Å²) in [5.74, 6) is 0.195. The number of pyridine rings is 1. The zero-order chi connectivity index (χ0) is 30.6. The van der Waals surface area contributed by atoms with Crippen LogP contribution in [0.4, 0.5) is 15.9 Å². The molecular formula is C32H39Cl2FN6O. The SMILES string of the molecule is CC.CC.N#Cc1ccccc1N1CCN(Cc2c(Cl)ccc(C(=O)N3CCN(c4ccc(F)cn4)CC3)c2Cl)CC1. The molecule has 0 aliphatic carbocycles. The first-order chi connectivity index (χ1) is 20.4. The smallest absolute Gasteiger partial charge is 0.255 e. The van der Waals surface area contributed by atoms with Crippen molar-refractivity contribution in [1.82, 2.24) is 14.8 Å². The number of hydrogen-bond donors (Lipinski definition) is 0. The van der Waals surface area contributed by atoms with Crippen LogP contribution < -0.4 is 9.80 Å². The van der Waals surface area contributed by atoms with E-state index < -0.39 is 0 Å². The molecule has 2 fully saturated rings. The summed E-state index contributed by atoms with van der Waals surface area (Å²) >= 11 is 13.3. The topological polar surface area (TPSA) is 66.7 Å². The number of amides is 1. The average Bonchev–Trinajstić information content (AvgIpc) is 3.05. The third-order valence-electron chi connectivity index (χ3n) is 7.14. The second-order valence-electron chi connectivity index (χ2n) is 9.39. The molecule has 2 aromatic carbocycles. The number of nitrogens with zero attached hydrogens (tertiary/aromatic N) is 6. The van der Waals surface area contributed by atoms with Crippen LogP contribution in [0.3, 0.4) is 0 Å². The van der Waals surface area contributed by atoms with Crippen LogP contribution in [-0.4, -0.2) is 73.0 Å². The molecule has 0 radical (unpaired) electrons. The summed E-state index contributed by atoms with van der Waals surface area (Å²) in [4.78, 5) is 25.8. The number of carbonyl (C=O) groups is 1. The van der Waals surface area contributed by atoms with E-state index in [4.69, 9.17) is 23.2 Å². The summed E-state index contributed by atoms with van der Waals surface area (Å²) < 4.78 is 13.2. The molecule has 0 bridgehead atoms. The van der Waals surface area contributed by atoms with Gasteiger partial charge in [0, 0.05) is 69.5 Å². The third-order valence-corrected chi connectivity index (χ3v) is 7.92. The number of rotatable bonds is 5. The first kappa shape index (κ1) is 33.1. The highest BCUT2D eigenvalue weighted by Gasteiger charge is 2.27. The van der Waals surface area contributed by atoms with Gasteiger partial charge in [-0.05, 0) is 36.4 Å². The average molecular weight is 614 g/mol. The summed E-state index contributed by atoms with van der Waals surface area (Å²) in [6.07, 6.45) is 1.20. The van der Waals surface area contributed by atoms with Crippen LogP contribution in [0.25, 0.3) is 0 Å². The molecule has 3 aromatic rings. The molecule has 2 aliphatic rings. The van der Waals surface area contributed by atoms with Gasteiger partial charge in [-0.15, -0.1) is 0 Å². The quantitative estimate of drug-likeness (QED) is 0.318. The second-order valence-corrected chi connectivity index (χ2v) is 10.2. The number of carbonyl (C=O) groups excluding carboxylic acids is 1. The standard InChI is InChI=1S/C28H27Cl2FN6O.2C2H6/c29-24-7-6-22(28(38)37-15-13-36(14-16-37)26-8-5-21(31)18-33-26)27(30)23(24)19-34-9-11-35(12-10-34)25-4-2-1-3-20(25)17-32;2*1-2/h1-8,18H,9-16,19H2;2*1-2H3. The summed E-state index contributed by atoms with van der Waals surface area (Å²) in [6, 6.07) is 16.4. The fourth-order valence-electron chi connectivity index (χ4n) is 4.99. The van der Waals surface area contributed by atoms with E-state index in [-0.39, 0.29) is 11.7 Å². The fourth-order valence-corrected chi connectivity index (χ4v) is 5.56. The van der Waals surface area contributed by atoms with E-state index in [0.717, 1.165) is 37.4 Å². The summed E-state index contributed by atoms with van der Waals surface area (Å²) in [7, 11) is 0. The van der Waals surface area contributed by atoms with Crippen molar-refractivity contribution >= 4 is 40.6 Å². The predicted molar refractivity (Wildman–Crippen MR) is 170 cm³/mol. The van der Waals surface area contributed by atoms with Gasteiger partial charge in [0.2, 0.25) is 0 Å². The van der Waals surface area contributed by atoms with Crippen LogP contribution in [0, 0.1) is 17.1 Å². The molecule has 0 spiro atoms. The van der Waals surface area contributed by atoms with E-state index in [2.05, 4.69) is 20.9 Å². The molecule has 2 aliphatic heterocycles. The Labute approximate surface area is 259 Å². The number of anilines is 2. The van der Waals surface area contributed by atoms with Gasteiger partial charge < -0.3 is 14.7 Å². The van der Waals surface area contributed by atoms with Crippen molar-refractivity contribution in [2.75, 3.05) is 62.2 Å². The Bertz CT molecular complexity index is 1350. The molecule has 2 saturated heterocycles. The van der Waals surface area contributed by atoms with E-state index in [1.54, 1.807) is 23.1 Å². The van der Waals surface area contributed by atoms with E-state index in [9.17, 15) is 14.4 Å². The number of piperazine rings is 2. The third kappa shape index (κ3) is 7.91. The molecular weight excluding hydrogens is 574 g/mol. The minimum atomic E-state index is -0.373. The molecule has 10 heteroatoms. The lowest BCUT2D eigenvalue weighted by Gasteiger charge is -2.37. The highest BCUT2D eigenvalue weighted by Crippen LogP contribution is 2.31. The summed E-state index contributed by atoms with van der Waals surface area (Å²) in [5, 5.41) is 10.4. The summed E-state index contributed by atoms with van der Waals surface area (Å²) in [5.41, 5.74) is 2.82. The number of nitriles is 1. The Morgan fingerprint density at radius 1 is 0.881 bits per heavy atom. The maximum atomic E-state index is 13.4. The lowest BCUT2D eigenvalue weighted by Crippen LogP contribution is -2.49. The van der Waals surface area contributed by atoms with E-state index in [1.165, 1.54) is 12.3 Å². The van der Waals surface area contributed by atoms with Gasteiger partial charge in [-0.2, -0.15) is 5.26 Å². The van der Waals surface area contributed by atoms with Gasteiger partial charge >= 0.3 is 0 Å². The maximum absolute atomic E-state index is 13.4. The molecule has 0 saturated carbocycles. The van der Waals surface area contributed by atoms with Gasteiger partial charge in [0.25, 0.3) is 5.91 Å². The van der Waals surface area contributed by atoms with Gasteiger partial charge in [-0.25, -0.2) is 9.37 Å². The molecule has 3 heterocycles. The molecule has 5 rings (SSSR count). The summed E-state index contributed by atoms with van der Waals surface area (Å²) in [6.45, 7) is 13.9. The van der Waals surface area contributed by atoms with Crippen LogP contribution in [0.15, 0.2) is 54.7 Å². The second kappa shape index (κ2) is 16.3. The highest BCUT2D eigenvalue weighted by molar-refractivity contribution is 6.38. The number of benzene rings is 2. The van der Waals surface area contributed by atoms with Gasteiger partial charge in [0.1, 0.15) is 17.7 Å². The highest BCUT2D eigenvalue weighted by atomic mass is 35.5. The van der Waals surface area contributed by atoms with E-state index in [0.29, 0.717) is 59.7 Å². The maximum Gasteiger partial charge on any atom is 0.255 e. The van der Waals surface area contributed by atoms with Crippen molar-refractivity contribution in [2.45, 2.75) is 34.2 Å². The van der Waals surface area contributed by atoms with Crippen molar-refractivity contribution in [1.29, 1.82) is 5.26 Å². The first-order valence-electron chi connectivity index (χ1n) is 14.5. The molecule has 0 atom stereocenters. The van der Waals surface area contributed by atoms with Gasteiger partial charge in [-0.1, -0.05) is 63.0 Å².